The predicted molar refractivity (Wildman–Crippen MR) is 120 cm³/mol. The molecule has 0 spiro atoms. The van der Waals surface area contributed by atoms with Gasteiger partial charge in [0.25, 0.3) is 0 Å². The third-order valence-electron chi connectivity index (χ3n) is 6.37. The van der Waals surface area contributed by atoms with Crippen molar-refractivity contribution in [1.82, 2.24) is 5.06 Å². The molecule has 2 fully saturated rings. The van der Waals surface area contributed by atoms with Gasteiger partial charge in [-0.25, -0.2) is 23.0 Å². The average Bonchev–Trinajstić information content (AvgIpc) is 3.32. The fourth-order valence-corrected chi connectivity index (χ4v) is 5.12. The molecule has 34 heavy (non-hydrogen) atoms. The van der Waals surface area contributed by atoms with Gasteiger partial charge in [0.2, 0.25) is 15.9 Å². The number of sulfonamides is 1. The fourth-order valence-electron chi connectivity index (χ4n) is 4.57. The van der Waals surface area contributed by atoms with Gasteiger partial charge in [-0.15, -0.1) is 0 Å². The van der Waals surface area contributed by atoms with E-state index >= 15 is 0 Å². The summed E-state index contributed by atoms with van der Waals surface area (Å²) in [4.78, 5) is 18.8. The van der Waals surface area contributed by atoms with Gasteiger partial charge in [-0.2, -0.15) is 5.26 Å². The van der Waals surface area contributed by atoms with Crippen molar-refractivity contribution >= 4 is 15.9 Å². The highest BCUT2D eigenvalue weighted by Gasteiger charge is 2.37. The molecular formula is C24H26FN3O5S. The molecule has 2 N–H and O–H groups in total. The molecule has 1 amide bonds. The maximum absolute atomic E-state index is 13.9. The molecule has 1 aliphatic heterocycles. The highest BCUT2D eigenvalue weighted by atomic mass is 32.2. The molecule has 2 aliphatic rings. The molecule has 2 aromatic carbocycles. The Hall–Kier alpha value is -3.00. The molecule has 0 radical (unpaired) electrons. The number of benzene rings is 2. The molecule has 0 unspecified atom stereocenters. The zero-order chi connectivity index (χ0) is 24.3. The predicted octanol–water partition coefficient (Wildman–Crippen LogP) is 3.44. The van der Waals surface area contributed by atoms with E-state index in [0.717, 1.165) is 12.8 Å². The number of nitriles is 1. The van der Waals surface area contributed by atoms with Gasteiger partial charge in [0.1, 0.15) is 11.6 Å². The van der Waals surface area contributed by atoms with Crippen molar-refractivity contribution in [3.63, 3.8) is 0 Å². The molecule has 1 saturated carbocycles. The van der Waals surface area contributed by atoms with Crippen molar-refractivity contribution in [2.24, 2.45) is 17.0 Å². The summed E-state index contributed by atoms with van der Waals surface area (Å²) in [6.07, 6.45) is 3.44. The molecule has 0 bridgehead atoms. The fraction of sp³-hybridized carbons (Fsp3) is 0.417. The molecule has 180 valence electrons. The molecule has 1 atom stereocenters. The Balaban J connectivity index is 1.33. The number of nitrogens with two attached hydrogens (primary N) is 1. The van der Waals surface area contributed by atoms with Crippen LogP contribution in [-0.2, 0) is 19.7 Å². The number of carbonyl (C=O) groups is 1. The number of amides is 1. The molecule has 1 saturated heterocycles. The maximum atomic E-state index is 13.9. The highest BCUT2D eigenvalue weighted by molar-refractivity contribution is 7.89. The van der Waals surface area contributed by atoms with Gasteiger partial charge in [0, 0.05) is 18.4 Å². The smallest absolute Gasteiger partial charge is 0.249 e. The van der Waals surface area contributed by atoms with Gasteiger partial charge in [0.15, 0.2) is 0 Å². The zero-order valence-corrected chi connectivity index (χ0v) is 19.3. The summed E-state index contributed by atoms with van der Waals surface area (Å²) in [5.74, 6) is -0.163. The zero-order valence-electron chi connectivity index (χ0n) is 18.5. The van der Waals surface area contributed by atoms with Crippen molar-refractivity contribution < 1.29 is 27.2 Å². The number of ether oxygens (including phenoxy) is 1. The Morgan fingerprint density at radius 2 is 1.94 bits per heavy atom. The van der Waals surface area contributed by atoms with Gasteiger partial charge >= 0.3 is 0 Å². The first-order valence-electron chi connectivity index (χ1n) is 11.2. The van der Waals surface area contributed by atoms with E-state index in [1.807, 2.05) is 6.07 Å². The monoisotopic (exact) mass is 487 g/mol. The second kappa shape index (κ2) is 10.1. The SMILES string of the molecule is N#Cc1cc(F)cc([C@@H]2CCON2C(=O)[C@H]2CC[C@H](COc3cccc(S(N)(=O)=O)c3)CC2)c1. The standard InChI is InChI=1S/C24H26FN3O5S/c25-20-11-17(14-26)10-19(12-20)23-8-9-33-28(23)24(29)18-6-4-16(5-7-18)15-32-21-2-1-3-22(13-21)34(27,30)31/h1-3,10-13,16,18,23H,4-9,15H2,(H2,27,30,31)/t16-,18-,23-/m0/s1. The first-order chi connectivity index (χ1) is 16.2. The summed E-state index contributed by atoms with van der Waals surface area (Å²) in [6.45, 7) is 0.771. The van der Waals surface area contributed by atoms with Crippen LogP contribution in [0.5, 0.6) is 5.75 Å². The molecule has 4 rings (SSSR count). The molecular weight excluding hydrogens is 461 g/mol. The maximum Gasteiger partial charge on any atom is 0.249 e. The molecule has 1 aliphatic carbocycles. The number of halogens is 1. The van der Waals surface area contributed by atoms with Crippen molar-refractivity contribution in [1.29, 1.82) is 5.26 Å². The Labute approximate surface area is 198 Å². The summed E-state index contributed by atoms with van der Waals surface area (Å²) in [7, 11) is -3.80. The number of hydrogen-bond donors (Lipinski definition) is 1. The number of carbonyl (C=O) groups excluding carboxylic acids is 1. The third-order valence-corrected chi connectivity index (χ3v) is 7.28. The molecule has 10 heteroatoms. The van der Waals surface area contributed by atoms with Crippen molar-refractivity contribution in [2.45, 2.75) is 43.0 Å². The van der Waals surface area contributed by atoms with Gasteiger partial charge in [-0.05, 0) is 67.5 Å². The van der Waals surface area contributed by atoms with E-state index < -0.39 is 21.9 Å². The van der Waals surface area contributed by atoms with E-state index in [1.54, 1.807) is 18.2 Å². The number of primary sulfonamides is 1. The molecule has 0 aromatic heterocycles. The highest BCUT2D eigenvalue weighted by Crippen LogP contribution is 2.37. The molecule has 2 aromatic rings. The third kappa shape index (κ3) is 5.55. The lowest BCUT2D eigenvalue weighted by molar-refractivity contribution is -0.183. The molecule has 1 heterocycles. The minimum absolute atomic E-state index is 0.000315. The average molecular weight is 488 g/mol. The van der Waals surface area contributed by atoms with Crippen LogP contribution in [0, 0.1) is 29.0 Å². The lowest BCUT2D eigenvalue weighted by atomic mass is 9.81. The van der Waals surface area contributed by atoms with Crippen LogP contribution < -0.4 is 9.88 Å². The Bertz CT molecular complexity index is 1210. The van der Waals surface area contributed by atoms with Gasteiger partial charge in [0.05, 0.1) is 35.8 Å². The first-order valence-corrected chi connectivity index (χ1v) is 12.7. The number of rotatable bonds is 6. The van der Waals surface area contributed by atoms with Crippen molar-refractivity contribution in [2.75, 3.05) is 13.2 Å². The minimum atomic E-state index is -3.80. The minimum Gasteiger partial charge on any atom is -0.493 e. The lowest BCUT2D eigenvalue weighted by Gasteiger charge is -2.32. The van der Waals surface area contributed by atoms with Gasteiger partial charge in [-0.1, -0.05) is 6.07 Å². The quantitative estimate of drug-likeness (QED) is 0.666. The van der Waals surface area contributed by atoms with Gasteiger partial charge in [-0.3, -0.25) is 9.63 Å². The van der Waals surface area contributed by atoms with Crippen LogP contribution in [0.3, 0.4) is 0 Å². The van der Waals surface area contributed by atoms with E-state index in [1.165, 1.54) is 29.3 Å². The van der Waals surface area contributed by atoms with Crippen LogP contribution in [0.15, 0.2) is 47.4 Å². The van der Waals surface area contributed by atoms with E-state index in [2.05, 4.69) is 0 Å². The van der Waals surface area contributed by atoms with E-state index in [0.29, 0.717) is 43.8 Å². The first kappa shape index (κ1) is 24.1. The lowest BCUT2D eigenvalue weighted by Crippen LogP contribution is -2.37. The van der Waals surface area contributed by atoms with Crippen LogP contribution in [-0.4, -0.2) is 32.6 Å². The van der Waals surface area contributed by atoms with Crippen LogP contribution in [0.1, 0.15) is 49.3 Å². The topological polar surface area (TPSA) is 123 Å². The summed E-state index contributed by atoms with van der Waals surface area (Å²) in [5.41, 5.74) is 0.774. The van der Waals surface area contributed by atoms with Crippen LogP contribution >= 0.6 is 0 Å². The summed E-state index contributed by atoms with van der Waals surface area (Å²) in [6, 6.07) is 11.7. The van der Waals surface area contributed by atoms with E-state index in [-0.39, 0.29) is 28.2 Å². The number of nitrogens with zero attached hydrogens (tertiary/aromatic N) is 2. The summed E-state index contributed by atoms with van der Waals surface area (Å²) in [5, 5.41) is 15.7. The van der Waals surface area contributed by atoms with Crippen molar-refractivity contribution in [3.8, 4) is 11.8 Å². The van der Waals surface area contributed by atoms with E-state index in [4.69, 9.17) is 20.0 Å². The Morgan fingerprint density at radius 1 is 1.18 bits per heavy atom. The summed E-state index contributed by atoms with van der Waals surface area (Å²) >= 11 is 0. The van der Waals surface area contributed by atoms with Crippen molar-refractivity contribution in [3.05, 3.63) is 59.4 Å². The Morgan fingerprint density at radius 3 is 2.65 bits per heavy atom. The largest absolute Gasteiger partial charge is 0.493 e. The van der Waals surface area contributed by atoms with Crippen LogP contribution in [0.25, 0.3) is 0 Å². The van der Waals surface area contributed by atoms with Gasteiger partial charge < -0.3 is 4.74 Å². The second-order valence-corrected chi connectivity index (χ2v) is 10.3. The Kier molecular flexibility index (Phi) is 7.16. The normalized spacial score (nSPS) is 22.9. The van der Waals surface area contributed by atoms with Crippen LogP contribution in [0.2, 0.25) is 0 Å². The van der Waals surface area contributed by atoms with E-state index in [9.17, 15) is 17.6 Å². The number of hydrogen-bond acceptors (Lipinski definition) is 6. The number of hydroxylamine groups is 2. The summed E-state index contributed by atoms with van der Waals surface area (Å²) < 4.78 is 42.7. The van der Waals surface area contributed by atoms with Crippen LogP contribution in [0.4, 0.5) is 4.39 Å². The molecule has 8 nitrogen and oxygen atoms in total. The second-order valence-electron chi connectivity index (χ2n) is 8.74.